The predicted molar refractivity (Wildman–Crippen MR) is 83.5 cm³/mol. The number of thioether (sulfide) groups is 1. The minimum atomic E-state index is 0.403. The topological polar surface area (TPSA) is 77.8 Å². The van der Waals surface area contributed by atoms with E-state index in [-0.39, 0.29) is 0 Å². The molecule has 1 aromatic carbocycles. The molecule has 0 aliphatic rings. The highest BCUT2D eigenvalue weighted by Crippen LogP contribution is 2.29. The van der Waals surface area contributed by atoms with Crippen molar-refractivity contribution in [2.75, 3.05) is 5.73 Å². The van der Waals surface area contributed by atoms with E-state index in [1.54, 1.807) is 17.1 Å². The molecule has 0 atom stereocenters. The monoisotopic (exact) mass is 368 g/mol. The van der Waals surface area contributed by atoms with Gasteiger partial charge in [0.15, 0.2) is 11.0 Å². The molecule has 20 heavy (non-hydrogen) atoms. The van der Waals surface area contributed by atoms with Crippen molar-refractivity contribution in [1.82, 2.24) is 15.1 Å². The van der Waals surface area contributed by atoms with E-state index in [1.807, 2.05) is 24.3 Å². The SMILES string of the molecule is Nc1nc(-c2nc(CSc3ccccc3Br)no2)cs1. The maximum absolute atomic E-state index is 5.58. The Hall–Kier alpha value is -1.38. The molecule has 0 fully saturated rings. The molecule has 2 heterocycles. The fourth-order valence-corrected chi connectivity index (χ4v) is 3.45. The van der Waals surface area contributed by atoms with Crippen molar-refractivity contribution >= 4 is 44.2 Å². The van der Waals surface area contributed by atoms with Gasteiger partial charge < -0.3 is 10.3 Å². The Morgan fingerprint density at radius 3 is 2.90 bits per heavy atom. The van der Waals surface area contributed by atoms with Crippen molar-refractivity contribution < 1.29 is 4.52 Å². The molecule has 0 unspecified atom stereocenters. The normalized spacial score (nSPS) is 10.8. The van der Waals surface area contributed by atoms with Crippen LogP contribution in [0.4, 0.5) is 5.13 Å². The van der Waals surface area contributed by atoms with Gasteiger partial charge in [-0.15, -0.1) is 23.1 Å². The van der Waals surface area contributed by atoms with Gasteiger partial charge in [0.2, 0.25) is 0 Å². The van der Waals surface area contributed by atoms with Gasteiger partial charge in [0.1, 0.15) is 5.69 Å². The molecule has 0 radical (unpaired) electrons. The highest BCUT2D eigenvalue weighted by molar-refractivity contribution is 9.10. The molecule has 0 bridgehead atoms. The van der Waals surface area contributed by atoms with Crippen LogP contribution in [-0.4, -0.2) is 15.1 Å². The van der Waals surface area contributed by atoms with Crippen molar-refractivity contribution in [2.45, 2.75) is 10.6 Å². The van der Waals surface area contributed by atoms with E-state index in [9.17, 15) is 0 Å². The van der Waals surface area contributed by atoms with Gasteiger partial charge in [-0.2, -0.15) is 4.98 Å². The summed E-state index contributed by atoms with van der Waals surface area (Å²) in [5, 5.41) is 6.24. The van der Waals surface area contributed by atoms with E-state index in [2.05, 4.69) is 31.1 Å². The van der Waals surface area contributed by atoms with E-state index in [0.717, 1.165) is 9.37 Å². The van der Waals surface area contributed by atoms with Crippen LogP contribution in [0.15, 0.2) is 43.5 Å². The molecule has 3 aromatic rings. The molecular formula is C12H9BrN4OS2. The van der Waals surface area contributed by atoms with Gasteiger partial charge in [-0.1, -0.05) is 17.3 Å². The maximum Gasteiger partial charge on any atom is 0.277 e. The third-order valence-corrected chi connectivity index (χ3v) is 5.10. The fourth-order valence-electron chi connectivity index (χ4n) is 1.51. The summed E-state index contributed by atoms with van der Waals surface area (Å²) in [4.78, 5) is 9.56. The predicted octanol–water partition coefficient (Wildman–Crippen LogP) is 3.83. The lowest BCUT2D eigenvalue weighted by molar-refractivity contribution is 0.424. The molecular weight excluding hydrogens is 360 g/mol. The van der Waals surface area contributed by atoms with Crippen LogP contribution in [0, 0.1) is 0 Å². The number of benzene rings is 1. The number of nitrogen functional groups attached to an aromatic ring is 1. The number of hydrogen-bond acceptors (Lipinski definition) is 7. The van der Waals surface area contributed by atoms with Crippen LogP contribution in [0.2, 0.25) is 0 Å². The maximum atomic E-state index is 5.58. The van der Waals surface area contributed by atoms with Crippen molar-refractivity contribution in [1.29, 1.82) is 0 Å². The average molecular weight is 369 g/mol. The first-order valence-electron chi connectivity index (χ1n) is 5.63. The molecule has 0 saturated heterocycles. The molecule has 0 spiro atoms. The van der Waals surface area contributed by atoms with Crippen LogP contribution < -0.4 is 5.73 Å². The molecule has 2 aromatic heterocycles. The summed E-state index contributed by atoms with van der Waals surface area (Å²) in [5.41, 5.74) is 6.20. The Bertz CT molecular complexity index is 728. The van der Waals surface area contributed by atoms with Crippen molar-refractivity contribution in [3.8, 4) is 11.6 Å². The van der Waals surface area contributed by atoms with E-state index < -0.39 is 0 Å². The van der Waals surface area contributed by atoms with Crippen molar-refractivity contribution in [2.24, 2.45) is 0 Å². The molecule has 0 aliphatic heterocycles. The Morgan fingerprint density at radius 1 is 1.30 bits per heavy atom. The van der Waals surface area contributed by atoms with Gasteiger partial charge in [0.25, 0.3) is 5.89 Å². The first kappa shape index (κ1) is 13.6. The van der Waals surface area contributed by atoms with E-state index in [0.29, 0.717) is 28.3 Å². The number of thiazole rings is 1. The highest BCUT2D eigenvalue weighted by atomic mass is 79.9. The van der Waals surface area contributed by atoms with E-state index in [4.69, 9.17) is 10.3 Å². The molecule has 0 saturated carbocycles. The number of halogens is 1. The van der Waals surface area contributed by atoms with Gasteiger partial charge in [-0.25, -0.2) is 4.98 Å². The third kappa shape index (κ3) is 3.02. The summed E-state index contributed by atoms with van der Waals surface area (Å²) < 4.78 is 6.24. The second-order valence-electron chi connectivity index (χ2n) is 3.81. The van der Waals surface area contributed by atoms with Gasteiger partial charge in [-0.3, -0.25) is 0 Å². The van der Waals surface area contributed by atoms with Gasteiger partial charge in [0, 0.05) is 14.7 Å². The first-order valence-corrected chi connectivity index (χ1v) is 8.29. The largest absolute Gasteiger partial charge is 0.375 e. The Morgan fingerprint density at radius 2 is 2.15 bits per heavy atom. The summed E-state index contributed by atoms with van der Waals surface area (Å²) in [6, 6.07) is 8.01. The highest BCUT2D eigenvalue weighted by Gasteiger charge is 2.12. The summed E-state index contributed by atoms with van der Waals surface area (Å²) >= 11 is 6.49. The molecule has 5 nitrogen and oxygen atoms in total. The zero-order valence-electron chi connectivity index (χ0n) is 10.1. The smallest absolute Gasteiger partial charge is 0.277 e. The van der Waals surface area contributed by atoms with Crippen molar-refractivity contribution in [3.05, 3.63) is 39.9 Å². The second kappa shape index (κ2) is 5.94. The lowest BCUT2D eigenvalue weighted by Crippen LogP contribution is -1.85. The number of rotatable bonds is 4. The van der Waals surface area contributed by atoms with Crippen LogP contribution in [0.5, 0.6) is 0 Å². The number of hydrogen-bond donors (Lipinski definition) is 1. The molecule has 8 heteroatoms. The first-order chi connectivity index (χ1) is 9.72. The van der Waals surface area contributed by atoms with Crippen LogP contribution in [0.1, 0.15) is 5.82 Å². The third-order valence-electron chi connectivity index (χ3n) is 2.40. The minimum Gasteiger partial charge on any atom is -0.375 e. The number of anilines is 1. The molecule has 2 N–H and O–H groups in total. The minimum absolute atomic E-state index is 0.403. The zero-order chi connectivity index (χ0) is 13.9. The van der Waals surface area contributed by atoms with Crippen LogP contribution in [0.25, 0.3) is 11.6 Å². The molecule has 0 aliphatic carbocycles. The Balaban J connectivity index is 1.70. The van der Waals surface area contributed by atoms with Gasteiger partial charge in [-0.05, 0) is 28.1 Å². The summed E-state index contributed by atoms with van der Waals surface area (Å²) in [7, 11) is 0. The standard InChI is InChI=1S/C12H9BrN4OS2/c13-7-3-1-2-4-9(7)19-6-10-16-11(18-17-10)8-5-20-12(14)15-8/h1-5H,6H2,(H2,14,15). The summed E-state index contributed by atoms with van der Waals surface area (Å²) in [5.74, 6) is 1.67. The number of nitrogens with two attached hydrogens (primary N) is 1. The molecule has 102 valence electrons. The Kier molecular flexibility index (Phi) is 4.04. The van der Waals surface area contributed by atoms with E-state index in [1.165, 1.54) is 11.3 Å². The quantitative estimate of drug-likeness (QED) is 0.705. The van der Waals surface area contributed by atoms with Gasteiger partial charge in [0.05, 0.1) is 5.75 Å². The zero-order valence-corrected chi connectivity index (χ0v) is 13.3. The lowest BCUT2D eigenvalue weighted by Gasteiger charge is -2.00. The molecule has 0 amide bonds. The number of nitrogens with zero attached hydrogens (tertiary/aromatic N) is 3. The second-order valence-corrected chi connectivity index (χ2v) is 6.57. The van der Waals surface area contributed by atoms with Crippen LogP contribution in [0.3, 0.4) is 0 Å². The lowest BCUT2D eigenvalue weighted by atomic mass is 10.4. The van der Waals surface area contributed by atoms with Crippen LogP contribution in [-0.2, 0) is 5.75 Å². The number of aromatic nitrogens is 3. The van der Waals surface area contributed by atoms with Crippen molar-refractivity contribution in [3.63, 3.8) is 0 Å². The van der Waals surface area contributed by atoms with Gasteiger partial charge >= 0.3 is 0 Å². The van der Waals surface area contributed by atoms with E-state index >= 15 is 0 Å². The summed E-state index contributed by atoms with van der Waals surface area (Å²) in [6.45, 7) is 0. The summed E-state index contributed by atoms with van der Waals surface area (Å²) in [6.07, 6.45) is 0. The average Bonchev–Trinajstić information content (AvgIpc) is 3.06. The Labute approximate surface area is 131 Å². The molecule has 3 rings (SSSR count). The van der Waals surface area contributed by atoms with Crippen LogP contribution >= 0.6 is 39.0 Å². The fraction of sp³-hybridized carbons (Fsp3) is 0.0833.